The molecular formula is C14H23N3. The average molecular weight is 233 g/mol. The number of benzene rings is 1. The third-order valence-electron chi connectivity index (χ3n) is 3.91. The molecule has 0 aromatic heterocycles. The molecule has 2 N–H and O–H groups in total. The van der Waals surface area contributed by atoms with Gasteiger partial charge in [-0.05, 0) is 57.6 Å². The zero-order valence-electron chi connectivity index (χ0n) is 11.1. The molecule has 3 heteroatoms. The summed E-state index contributed by atoms with van der Waals surface area (Å²) in [5.41, 5.74) is 9.26. The van der Waals surface area contributed by atoms with Crippen molar-refractivity contribution >= 4 is 11.4 Å². The number of nitrogens with zero attached hydrogens (tertiary/aromatic N) is 2. The van der Waals surface area contributed by atoms with Crippen molar-refractivity contribution in [1.29, 1.82) is 0 Å². The highest BCUT2D eigenvalue weighted by atomic mass is 15.2. The van der Waals surface area contributed by atoms with Crippen LogP contribution in [-0.4, -0.2) is 38.1 Å². The average Bonchev–Trinajstić information content (AvgIpc) is 2.33. The second-order valence-corrected chi connectivity index (χ2v) is 5.19. The lowest BCUT2D eigenvalue weighted by atomic mass is 10.0. The number of aryl methyl sites for hydroxylation is 1. The van der Waals surface area contributed by atoms with E-state index in [1.54, 1.807) is 0 Å². The zero-order valence-corrected chi connectivity index (χ0v) is 11.1. The Hall–Kier alpha value is -1.22. The third-order valence-corrected chi connectivity index (χ3v) is 3.91. The largest absolute Gasteiger partial charge is 0.398 e. The number of nitrogens with two attached hydrogens (primary N) is 1. The van der Waals surface area contributed by atoms with E-state index in [0.717, 1.165) is 11.3 Å². The smallest absolute Gasteiger partial charge is 0.0386 e. The molecule has 0 unspecified atom stereocenters. The molecule has 0 atom stereocenters. The van der Waals surface area contributed by atoms with Crippen LogP contribution >= 0.6 is 0 Å². The Labute approximate surface area is 104 Å². The third kappa shape index (κ3) is 2.72. The van der Waals surface area contributed by atoms with Crippen LogP contribution in [0.15, 0.2) is 18.2 Å². The molecule has 0 aliphatic carbocycles. The molecule has 0 amide bonds. The molecule has 1 aliphatic rings. The lowest BCUT2D eigenvalue weighted by Gasteiger charge is -2.36. The molecule has 94 valence electrons. The van der Waals surface area contributed by atoms with Crippen LogP contribution in [0.1, 0.15) is 18.4 Å². The van der Waals surface area contributed by atoms with Crippen LogP contribution in [0.2, 0.25) is 0 Å². The molecule has 0 spiro atoms. The summed E-state index contributed by atoms with van der Waals surface area (Å²) in [6.45, 7) is 4.43. The first-order valence-electron chi connectivity index (χ1n) is 6.35. The maximum Gasteiger partial charge on any atom is 0.0386 e. The summed E-state index contributed by atoms with van der Waals surface area (Å²) >= 11 is 0. The Morgan fingerprint density at radius 1 is 1.29 bits per heavy atom. The van der Waals surface area contributed by atoms with Crippen molar-refractivity contribution in [2.24, 2.45) is 0 Å². The van der Waals surface area contributed by atoms with Crippen LogP contribution in [0.3, 0.4) is 0 Å². The molecule has 1 heterocycles. The predicted molar refractivity (Wildman–Crippen MR) is 74.5 cm³/mol. The number of rotatable bonds is 2. The van der Waals surface area contributed by atoms with Crippen molar-refractivity contribution < 1.29 is 0 Å². The first-order chi connectivity index (χ1) is 8.08. The van der Waals surface area contributed by atoms with Crippen molar-refractivity contribution in [3.8, 4) is 0 Å². The van der Waals surface area contributed by atoms with Crippen LogP contribution < -0.4 is 10.6 Å². The lowest BCUT2D eigenvalue weighted by Crippen LogP contribution is -2.42. The summed E-state index contributed by atoms with van der Waals surface area (Å²) in [4.78, 5) is 4.77. The summed E-state index contributed by atoms with van der Waals surface area (Å²) in [6, 6.07) is 7.02. The van der Waals surface area contributed by atoms with Crippen molar-refractivity contribution in [2.45, 2.75) is 25.8 Å². The fraction of sp³-hybridized carbons (Fsp3) is 0.571. The lowest BCUT2D eigenvalue weighted by molar-refractivity contribution is 0.253. The monoisotopic (exact) mass is 233 g/mol. The predicted octanol–water partition coefficient (Wildman–Crippen LogP) is 2.11. The van der Waals surface area contributed by atoms with E-state index in [1.165, 1.54) is 31.6 Å². The summed E-state index contributed by atoms with van der Waals surface area (Å²) in [6.07, 6.45) is 2.47. The van der Waals surface area contributed by atoms with Crippen LogP contribution in [0, 0.1) is 6.92 Å². The highest BCUT2D eigenvalue weighted by Crippen LogP contribution is 2.24. The Bertz CT molecular complexity index is 381. The van der Waals surface area contributed by atoms with E-state index in [2.05, 4.69) is 49.0 Å². The number of piperidine rings is 1. The molecular weight excluding hydrogens is 210 g/mol. The Kier molecular flexibility index (Phi) is 3.57. The minimum Gasteiger partial charge on any atom is -0.398 e. The molecule has 0 radical (unpaired) electrons. The van der Waals surface area contributed by atoms with Gasteiger partial charge in [0.15, 0.2) is 0 Å². The molecule has 17 heavy (non-hydrogen) atoms. The van der Waals surface area contributed by atoms with E-state index in [9.17, 15) is 0 Å². The van der Waals surface area contributed by atoms with Gasteiger partial charge in [0.1, 0.15) is 0 Å². The van der Waals surface area contributed by atoms with Gasteiger partial charge < -0.3 is 15.5 Å². The Morgan fingerprint density at radius 3 is 2.53 bits per heavy atom. The van der Waals surface area contributed by atoms with Crippen molar-refractivity contribution in [1.82, 2.24) is 4.90 Å². The van der Waals surface area contributed by atoms with E-state index < -0.39 is 0 Å². The summed E-state index contributed by atoms with van der Waals surface area (Å²) < 4.78 is 0. The van der Waals surface area contributed by atoms with E-state index >= 15 is 0 Å². The quantitative estimate of drug-likeness (QED) is 0.794. The van der Waals surface area contributed by atoms with Crippen LogP contribution in [0.25, 0.3) is 0 Å². The van der Waals surface area contributed by atoms with E-state index in [-0.39, 0.29) is 0 Å². The molecule has 1 saturated heterocycles. The van der Waals surface area contributed by atoms with Gasteiger partial charge in [0, 0.05) is 24.5 Å². The molecule has 1 aromatic rings. The molecule has 2 rings (SSSR count). The van der Waals surface area contributed by atoms with Gasteiger partial charge in [0.2, 0.25) is 0 Å². The fourth-order valence-corrected chi connectivity index (χ4v) is 2.44. The molecule has 1 aliphatic heterocycles. The molecule has 1 fully saturated rings. The zero-order chi connectivity index (χ0) is 12.4. The number of anilines is 2. The molecule has 3 nitrogen and oxygen atoms in total. The maximum atomic E-state index is 5.98. The van der Waals surface area contributed by atoms with Gasteiger partial charge in [-0.2, -0.15) is 0 Å². The molecule has 1 aromatic carbocycles. The SMILES string of the molecule is Cc1ccc(N(C)C2CCN(C)CC2)cc1N. The van der Waals surface area contributed by atoms with Gasteiger partial charge in [0.25, 0.3) is 0 Å². The van der Waals surface area contributed by atoms with Crippen LogP contribution in [-0.2, 0) is 0 Å². The topological polar surface area (TPSA) is 32.5 Å². The molecule has 0 saturated carbocycles. The van der Waals surface area contributed by atoms with E-state index in [4.69, 9.17) is 5.73 Å². The van der Waals surface area contributed by atoms with Gasteiger partial charge >= 0.3 is 0 Å². The highest BCUT2D eigenvalue weighted by Gasteiger charge is 2.20. The summed E-state index contributed by atoms with van der Waals surface area (Å²) in [7, 11) is 4.38. The van der Waals surface area contributed by atoms with Gasteiger partial charge in [-0.15, -0.1) is 0 Å². The summed E-state index contributed by atoms with van der Waals surface area (Å²) in [5.74, 6) is 0. The standard InChI is InChI=1S/C14H23N3/c1-11-4-5-13(10-14(11)15)17(3)12-6-8-16(2)9-7-12/h4-5,10,12H,6-9,15H2,1-3H3. The number of nitrogen functional groups attached to an aromatic ring is 1. The first-order valence-corrected chi connectivity index (χ1v) is 6.35. The van der Waals surface area contributed by atoms with Crippen molar-refractivity contribution in [3.63, 3.8) is 0 Å². The fourth-order valence-electron chi connectivity index (χ4n) is 2.44. The Balaban J connectivity index is 2.08. The van der Waals surface area contributed by atoms with E-state index in [1.807, 2.05) is 0 Å². The molecule has 0 bridgehead atoms. The summed E-state index contributed by atoms with van der Waals surface area (Å²) in [5, 5.41) is 0. The number of likely N-dealkylation sites (tertiary alicyclic amines) is 1. The maximum absolute atomic E-state index is 5.98. The normalized spacial score (nSPS) is 18.3. The van der Waals surface area contributed by atoms with Crippen molar-refractivity contribution in [3.05, 3.63) is 23.8 Å². The van der Waals surface area contributed by atoms with E-state index in [0.29, 0.717) is 6.04 Å². The van der Waals surface area contributed by atoms with Gasteiger partial charge in [-0.25, -0.2) is 0 Å². The van der Waals surface area contributed by atoms with Crippen LogP contribution in [0.5, 0.6) is 0 Å². The highest BCUT2D eigenvalue weighted by molar-refractivity contribution is 5.59. The Morgan fingerprint density at radius 2 is 1.94 bits per heavy atom. The van der Waals surface area contributed by atoms with Crippen LogP contribution in [0.4, 0.5) is 11.4 Å². The minimum atomic E-state index is 0.647. The first kappa shape index (κ1) is 12.2. The van der Waals surface area contributed by atoms with Gasteiger partial charge in [-0.1, -0.05) is 6.07 Å². The number of hydrogen-bond acceptors (Lipinski definition) is 3. The van der Waals surface area contributed by atoms with Gasteiger partial charge in [0.05, 0.1) is 0 Å². The second-order valence-electron chi connectivity index (χ2n) is 5.19. The minimum absolute atomic E-state index is 0.647. The van der Waals surface area contributed by atoms with Gasteiger partial charge in [-0.3, -0.25) is 0 Å². The van der Waals surface area contributed by atoms with Crippen molar-refractivity contribution in [2.75, 3.05) is 37.8 Å². The number of hydrogen-bond donors (Lipinski definition) is 1. The second kappa shape index (κ2) is 4.96.